The summed E-state index contributed by atoms with van der Waals surface area (Å²) in [6.07, 6.45) is 0. The largest absolute Gasteiger partial charge is 0.380 e. The molecule has 0 unspecified atom stereocenters. The van der Waals surface area contributed by atoms with Gasteiger partial charge < -0.3 is 14.5 Å². The average Bonchev–Trinajstić information content (AvgIpc) is 3.03. The van der Waals surface area contributed by atoms with Crippen molar-refractivity contribution in [3.05, 3.63) is 47.3 Å². The Balaban J connectivity index is 1.69. The Hall–Kier alpha value is -2.67. The zero-order valence-electron chi connectivity index (χ0n) is 16.1. The first-order valence-corrected chi connectivity index (χ1v) is 9.28. The van der Waals surface area contributed by atoms with E-state index in [2.05, 4.69) is 5.10 Å². The summed E-state index contributed by atoms with van der Waals surface area (Å²) in [5, 5.41) is 4.38. The molecule has 0 saturated carbocycles. The van der Waals surface area contributed by atoms with Crippen LogP contribution in [0, 0.1) is 13.8 Å². The van der Waals surface area contributed by atoms with Gasteiger partial charge in [0.15, 0.2) is 0 Å². The minimum Gasteiger partial charge on any atom is -0.380 e. The van der Waals surface area contributed by atoms with Gasteiger partial charge in [-0.15, -0.1) is 0 Å². The summed E-state index contributed by atoms with van der Waals surface area (Å²) in [5.41, 5.74) is 3.30. The lowest BCUT2D eigenvalue weighted by atomic mass is 10.2. The summed E-state index contributed by atoms with van der Waals surface area (Å²) >= 11 is 0. The third kappa shape index (κ3) is 4.36. The van der Waals surface area contributed by atoms with E-state index in [1.807, 2.05) is 45.0 Å². The monoisotopic (exact) mass is 370 g/mol. The van der Waals surface area contributed by atoms with E-state index in [0.717, 1.165) is 16.9 Å². The molecule has 1 aliphatic rings. The molecule has 1 aromatic heterocycles. The van der Waals surface area contributed by atoms with Crippen LogP contribution in [0.25, 0.3) is 0 Å². The van der Waals surface area contributed by atoms with E-state index in [4.69, 9.17) is 4.74 Å². The molecule has 7 nitrogen and oxygen atoms in total. The van der Waals surface area contributed by atoms with Crippen molar-refractivity contribution >= 4 is 17.5 Å². The highest BCUT2D eigenvalue weighted by atomic mass is 16.5. The van der Waals surface area contributed by atoms with E-state index in [-0.39, 0.29) is 18.4 Å². The van der Waals surface area contributed by atoms with Crippen LogP contribution in [-0.4, -0.2) is 59.3 Å². The maximum atomic E-state index is 13.0. The Labute approximate surface area is 159 Å². The summed E-state index contributed by atoms with van der Waals surface area (Å²) in [6.45, 7) is 8.49. The lowest BCUT2D eigenvalue weighted by molar-refractivity contribution is -0.120. The topological polar surface area (TPSA) is 67.7 Å². The lowest BCUT2D eigenvalue weighted by Crippen LogP contribution is -2.52. The van der Waals surface area contributed by atoms with Gasteiger partial charge in [0.25, 0.3) is 5.91 Å². The zero-order valence-corrected chi connectivity index (χ0v) is 16.1. The maximum Gasteiger partial charge on any atom is 0.272 e. The normalized spacial score (nSPS) is 14.7. The van der Waals surface area contributed by atoms with E-state index in [1.165, 1.54) is 0 Å². The van der Waals surface area contributed by atoms with Crippen LogP contribution in [0.15, 0.2) is 30.3 Å². The summed E-state index contributed by atoms with van der Waals surface area (Å²) in [7, 11) is 0. The fraction of sp³-hybridized carbons (Fsp3) is 0.450. The molecule has 3 rings (SSSR count). The second-order valence-corrected chi connectivity index (χ2v) is 6.70. The van der Waals surface area contributed by atoms with Crippen molar-refractivity contribution in [1.82, 2.24) is 14.7 Å². The number of benzene rings is 1. The van der Waals surface area contributed by atoms with Gasteiger partial charge in [0, 0.05) is 25.4 Å². The molecule has 2 amide bonds. The van der Waals surface area contributed by atoms with Gasteiger partial charge in [-0.05, 0) is 39.0 Å². The van der Waals surface area contributed by atoms with Crippen molar-refractivity contribution < 1.29 is 14.3 Å². The Morgan fingerprint density at radius 1 is 1.19 bits per heavy atom. The summed E-state index contributed by atoms with van der Waals surface area (Å²) in [5.74, 6) is -0.237. The standard InChI is InChI=1S/C20H26N4O3/c1-4-27-12-11-24-18(13-16(3)21-24)20(26)22-9-10-23(19(25)14-22)17-7-5-15(2)6-8-17/h5-8,13H,4,9-12,14H2,1-3H3. The van der Waals surface area contributed by atoms with Crippen LogP contribution in [0.1, 0.15) is 28.7 Å². The fourth-order valence-corrected chi connectivity index (χ4v) is 3.19. The zero-order chi connectivity index (χ0) is 19.4. The van der Waals surface area contributed by atoms with Gasteiger partial charge in [-0.3, -0.25) is 14.3 Å². The number of aromatic nitrogens is 2. The number of hydrogen-bond acceptors (Lipinski definition) is 4. The maximum absolute atomic E-state index is 13.0. The van der Waals surface area contributed by atoms with Crippen LogP contribution in [0.2, 0.25) is 0 Å². The van der Waals surface area contributed by atoms with Crippen molar-refractivity contribution in [3.63, 3.8) is 0 Å². The van der Waals surface area contributed by atoms with Crippen molar-refractivity contribution in [2.24, 2.45) is 0 Å². The molecule has 0 aliphatic carbocycles. The first-order valence-electron chi connectivity index (χ1n) is 9.28. The number of hydrogen-bond donors (Lipinski definition) is 0. The van der Waals surface area contributed by atoms with Crippen LogP contribution in [0.3, 0.4) is 0 Å². The minimum absolute atomic E-state index is 0.0718. The Morgan fingerprint density at radius 2 is 1.93 bits per heavy atom. The number of aryl methyl sites for hydroxylation is 2. The summed E-state index contributed by atoms with van der Waals surface area (Å²) in [6, 6.07) is 9.62. The number of carbonyl (C=O) groups excluding carboxylic acids is 2. The molecule has 0 bridgehead atoms. The first-order chi connectivity index (χ1) is 13.0. The molecule has 0 N–H and O–H groups in total. The number of anilines is 1. The molecule has 1 saturated heterocycles. The van der Waals surface area contributed by atoms with Gasteiger partial charge in [-0.25, -0.2) is 0 Å². The highest BCUT2D eigenvalue weighted by Crippen LogP contribution is 2.19. The number of carbonyl (C=O) groups is 2. The molecule has 1 aromatic carbocycles. The van der Waals surface area contributed by atoms with E-state index in [1.54, 1.807) is 20.5 Å². The quantitative estimate of drug-likeness (QED) is 0.730. The summed E-state index contributed by atoms with van der Waals surface area (Å²) < 4.78 is 7.04. The lowest BCUT2D eigenvalue weighted by Gasteiger charge is -2.34. The van der Waals surface area contributed by atoms with Crippen LogP contribution >= 0.6 is 0 Å². The van der Waals surface area contributed by atoms with Crippen molar-refractivity contribution in [2.45, 2.75) is 27.3 Å². The molecule has 144 valence electrons. The van der Waals surface area contributed by atoms with Gasteiger partial charge >= 0.3 is 0 Å². The SMILES string of the molecule is CCOCCn1nc(C)cc1C(=O)N1CCN(c2ccc(C)cc2)C(=O)C1. The highest BCUT2D eigenvalue weighted by molar-refractivity contribution is 6.01. The first kappa shape index (κ1) is 19.1. The van der Waals surface area contributed by atoms with E-state index >= 15 is 0 Å². The molecule has 0 spiro atoms. The summed E-state index contributed by atoms with van der Waals surface area (Å²) in [4.78, 5) is 28.9. The second kappa shape index (κ2) is 8.35. The van der Waals surface area contributed by atoms with Crippen LogP contribution < -0.4 is 4.90 Å². The molecule has 1 aliphatic heterocycles. The second-order valence-electron chi connectivity index (χ2n) is 6.70. The number of ether oxygens (including phenoxy) is 1. The molecule has 2 aromatic rings. The Kier molecular flexibility index (Phi) is 5.91. The number of amides is 2. The number of piperazine rings is 1. The van der Waals surface area contributed by atoms with Gasteiger partial charge in [-0.1, -0.05) is 17.7 Å². The van der Waals surface area contributed by atoms with Crippen molar-refractivity contribution in [2.75, 3.05) is 37.7 Å². The Morgan fingerprint density at radius 3 is 2.59 bits per heavy atom. The number of nitrogens with zero attached hydrogens (tertiary/aromatic N) is 4. The number of rotatable bonds is 6. The molecule has 2 heterocycles. The third-order valence-corrected chi connectivity index (χ3v) is 4.63. The van der Waals surface area contributed by atoms with Crippen LogP contribution in [0.4, 0.5) is 5.69 Å². The molecule has 27 heavy (non-hydrogen) atoms. The highest BCUT2D eigenvalue weighted by Gasteiger charge is 2.30. The van der Waals surface area contributed by atoms with Crippen molar-refractivity contribution in [3.8, 4) is 0 Å². The van der Waals surface area contributed by atoms with Gasteiger partial charge in [0.05, 0.1) is 18.8 Å². The van der Waals surface area contributed by atoms with Gasteiger partial charge in [-0.2, -0.15) is 5.10 Å². The molecule has 7 heteroatoms. The van der Waals surface area contributed by atoms with Crippen molar-refractivity contribution in [1.29, 1.82) is 0 Å². The molecular formula is C20H26N4O3. The van der Waals surface area contributed by atoms with Gasteiger partial charge in [0.2, 0.25) is 5.91 Å². The fourth-order valence-electron chi connectivity index (χ4n) is 3.19. The average molecular weight is 370 g/mol. The van der Waals surface area contributed by atoms with E-state index in [0.29, 0.717) is 38.5 Å². The predicted molar refractivity (Wildman–Crippen MR) is 103 cm³/mol. The Bertz CT molecular complexity index is 813. The van der Waals surface area contributed by atoms with E-state index < -0.39 is 0 Å². The third-order valence-electron chi connectivity index (χ3n) is 4.63. The molecule has 0 atom stereocenters. The van der Waals surface area contributed by atoms with Crippen LogP contribution in [-0.2, 0) is 16.1 Å². The van der Waals surface area contributed by atoms with E-state index in [9.17, 15) is 9.59 Å². The minimum atomic E-state index is -0.163. The smallest absolute Gasteiger partial charge is 0.272 e. The molecular weight excluding hydrogens is 344 g/mol. The predicted octanol–water partition coefficient (Wildman–Crippen LogP) is 2.03. The van der Waals surface area contributed by atoms with Gasteiger partial charge in [0.1, 0.15) is 12.2 Å². The molecule has 0 radical (unpaired) electrons. The molecule has 1 fully saturated rings. The van der Waals surface area contributed by atoms with Crippen LogP contribution in [0.5, 0.6) is 0 Å².